The Kier molecular flexibility index (Phi) is 4.90. The number of hydrogen-bond donors (Lipinski definition) is 0. The average Bonchev–Trinajstić information content (AvgIpc) is 2.92. The van der Waals surface area contributed by atoms with Crippen molar-refractivity contribution in [1.29, 1.82) is 0 Å². The van der Waals surface area contributed by atoms with Crippen LogP contribution in [0.2, 0.25) is 0 Å². The molecule has 0 atom stereocenters. The van der Waals surface area contributed by atoms with Crippen molar-refractivity contribution in [1.82, 2.24) is 18.3 Å². The molecule has 2 heterocycles. The molecule has 0 bridgehead atoms. The summed E-state index contributed by atoms with van der Waals surface area (Å²) in [7, 11) is -0.178. The van der Waals surface area contributed by atoms with Crippen LogP contribution < -0.4 is 5.69 Å². The van der Waals surface area contributed by atoms with E-state index >= 15 is 0 Å². The maximum absolute atomic E-state index is 13.1. The Morgan fingerprint density at radius 2 is 1.52 bits per heavy atom. The van der Waals surface area contributed by atoms with E-state index in [0.29, 0.717) is 24.6 Å². The molecular formula is C19H28N4O3S. The predicted molar refractivity (Wildman–Crippen MR) is 105 cm³/mol. The lowest BCUT2D eigenvalue weighted by atomic mass is 9.94. The summed E-state index contributed by atoms with van der Waals surface area (Å²) in [6.45, 7) is 2.67. The van der Waals surface area contributed by atoms with Crippen LogP contribution in [0.1, 0.15) is 32.1 Å². The first-order valence-corrected chi connectivity index (χ1v) is 11.2. The summed E-state index contributed by atoms with van der Waals surface area (Å²) >= 11 is 0. The molecule has 27 heavy (non-hydrogen) atoms. The van der Waals surface area contributed by atoms with Gasteiger partial charge in [-0.25, -0.2) is 13.2 Å². The van der Waals surface area contributed by atoms with E-state index in [1.807, 2.05) is 0 Å². The molecule has 1 aliphatic carbocycles. The van der Waals surface area contributed by atoms with Crippen molar-refractivity contribution in [3.63, 3.8) is 0 Å². The van der Waals surface area contributed by atoms with Crippen molar-refractivity contribution in [2.75, 3.05) is 26.2 Å². The zero-order valence-electron chi connectivity index (χ0n) is 16.1. The van der Waals surface area contributed by atoms with E-state index in [0.717, 1.165) is 18.6 Å². The Morgan fingerprint density at radius 3 is 2.19 bits per heavy atom. The lowest BCUT2D eigenvalue weighted by Crippen LogP contribution is -2.52. The Bertz CT molecular complexity index is 994. The van der Waals surface area contributed by atoms with Crippen molar-refractivity contribution in [3.05, 3.63) is 28.7 Å². The van der Waals surface area contributed by atoms with Crippen LogP contribution in [-0.4, -0.2) is 59.0 Å². The molecule has 0 radical (unpaired) electrons. The zero-order chi connectivity index (χ0) is 19.2. The fourth-order valence-electron chi connectivity index (χ4n) is 4.55. The largest absolute Gasteiger partial charge is 0.328 e. The van der Waals surface area contributed by atoms with Crippen LogP contribution >= 0.6 is 0 Å². The Hall–Kier alpha value is -1.64. The van der Waals surface area contributed by atoms with Gasteiger partial charge in [-0.2, -0.15) is 4.31 Å². The van der Waals surface area contributed by atoms with Gasteiger partial charge in [0.1, 0.15) is 0 Å². The number of rotatable bonds is 3. The number of sulfonamides is 1. The van der Waals surface area contributed by atoms with E-state index < -0.39 is 10.0 Å². The van der Waals surface area contributed by atoms with Crippen LogP contribution in [0.15, 0.2) is 27.9 Å². The lowest BCUT2D eigenvalue weighted by Gasteiger charge is -2.40. The third-order valence-electron chi connectivity index (χ3n) is 6.25. The standard InChI is InChI=1S/C19H28N4O3S/c1-20-17-9-8-16(14-18(17)21(2)19(20)24)27(25,26)23-12-10-22(11-13-23)15-6-4-3-5-7-15/h8-9,14-15H,3-7,10-13H2,1-2H3. The topological polar surface area (TPSA) is 67.5 Å². The minimum Gasteiger partial charge on any atom is -0.298 e. The van der Waals surface area contributed by atoms with Crippen LogP contribution in [0.25, 0.3) is 11.0 Å². The number of piperazine rings is 1. The predicted octanol–water partition coefficient (Wildman–Crippen LogP) is 1.52. The summed E-state index contributed by atoms with van der Waals surface area (Å²) in [6, 6.07) is 5.59. The molecule has 1 saturated heterocycles. The highest BCUT2D eigenvalue weighted by molar-refractivity contribution is 7.89. The molecular weight excluding hydrogens is 364 g/mol. The van der Waals surface area contributed by atoms with Gasteiger partial charge in [0.2, 0.25) is 10.0 Å². The lowest BCUT2D eigenvalue weighted by molar-refractivity contribution is 0.111. The Morgan fingerprint density at radius 1 is 0.889 bits per heavy atom. The van der Waals surface area contributed by atoms with Gasteiger partial charge in [0.25, 0.3) is 0 Å². The molecule has 8 heteroatoms. The number of hydrogen-bond acceptors (Lipinski definition) is 4. The summed E-state index contributed by atoms with van der Waals surface area (Å²) in [5, 5.41) is 0. The van der Waals surface area contributed by atoms with Crippen LogP contribution in [0.4, 0.5) is 0 Å². The summed E-state index contributed by atoms with van der Waals surface area (Å²) in [6.07, 6.45) is 6.39. The van der Waals surface area contributed by atoms with Crippen LogP contribution in [0.3, 0.4) is 0 Å². The number of aromatic nitrogens is 2. The van der Waals surface area contributed by atoms with Gasteiger partial charge in [-0.15, -0.1) is 0 Å². The highest BCUT2D eigenvalue weighted by Crippen LogP contribution is 2.26. The fourth-order valence-corrected chi connectivity index (χ4v) is 5.99. The number of benzene rings is 1. The van der Waals surface area contributed by atoms with E-state index in [9.17, 15) is 13.2 Å². The summed E-state index contributed by atoms with van der Waals surface area (Å²) < 4.78 is 30.9. The maximum Gasteiger partial charge on any atom is 0.328 e. The second kappa shape index (κ2) is 7.07. The van der Waals surface area contributed by atoms with Crippen molar-refractivity contribution in [2.24, 2.45) is 14.1 Å². The Balaban J connectivity index is 1.54. The minimum atomic E-state index is -3.55. The first-order valence-electron chi connectivity index (χ1n) is 9.79. The smallest absolute Gasteiger partial charge is 0.298 e. The van der Waals surface area contributed by atoms with Gasteiger partial charge in [0, 0.05) is 46.3 Å². The molecule has 148 valence electrons. The molecule has 7 nitrogen and oxygen atoms in total. The van der Waals surface area contributed by atoms with E-state index in [2.05, 4.69) is 4.90 Å². The average molecular weight is 393 g/mol. The van der Waals surface area contributed by atoms with E-state index in [-0.39, 0.29) is 10.6 Å². The zero-order valence-corrected chi connectivity index (χ0v) is 16.9. The molecule has 1 aromatic carbocycles. The highest BCUT2D eigenvalue weighted by atomic mass is 32.2. The van der Waals surface area contributed by atoms with Crippen molar-refractivity contribution < 1.29 is 8.42 Å². The molecule has 4 rings (SSSR count). The van der Waals surface area contributed by atoms with Gasteiger partial charge >= 0.3 is 5.69 Å². The van der Waals surface area contributed by atoms with Crippen LogP contribution in [-0.2, 0) is 24.1 Å². The second-order valence-electron chi connectivity index (χ2n) is 7.78. The molecule has 1 aliphatic heterocycles. The monoisotopic (exact) mass is 392 g/mol. The SMILES string of the molecule is Cn1c(=O)n(C)c2cc(S(=O)(=O)N3CCN(C4CCCCC4)CC3)ccc21. The van der Waals surface area contributed by atoms with E-state index in [4.69, 9.17) is 0 Å². The molecule has 2 aromatic rings. The molecule has 2 fully saturated rings. The third kappa shape index (κ3) is 3.23. The van der Waals surface area contributed by atoms with E-state index in [1.165, 1.54) is 41.2 Å². The van der Waals surface area contributed by atoms with Crippen molar-refractivity contribution >= 4 is 21.1 Å². The minimum absolute atomic E-state index is 0.152. The first kappa shape index (κ1) is 18.7. The fraction of sp³-hybridized carbons (Fsp3) is 0.632. The normalized spacial score (nSPS) is 21.1. The molecule has 0 amide bonds. The molecule has 0 unspecified atom stereocenters. The van der Waals surface area contributed by atoms with Gasteiger partial charge < -0.3 is 0 Å². The molecule has 1 aromatic heterocycles. The van der Waals surface area contributed by atoms with Crippen LogP contribution in [0.5, 0.6) is 0 Å². The van der Waals surface area contributed by atoms with Gasteiger partial charge in [-0.05, 0) is 31.0 Å². The number of imidazole rings is 1. The number of nitrogens with zero attached hydrogens (tertiary/aromatic N) is 4. The van der Waals surface area contributed by atoms with Crippen LogP contribution in [0, 0.1) is 0 Å². The van der Waals surface area contributed by atoms with Gasteiger partial charge in [-0.3, -0.25) is 14.0 Å². The Labute approximate surface area is 160 Å². The maximum atomic E-state index is 13.1. The van der Waals surface area contributed by atoms with Gasteiger partial charge in [-0.1, -0.05) is 19.3 Å². The van der Waals surface area contributed by atoms with Gasteiger partial charge in [0.05, 0.1) is 15.9 Å². The summed E-state index contributed by atoms with van der Waals surface area (Å²) in [5.74, 6) is 0. The first-order chi connectivity index (χ1) is 12.9. The summed E-state index contributed by atoms with van der Waals surface area (Å²) in [5.41, 5.74) is 1.23. The molecule has 2 aliphatic rings. The summed E-state index contributed by atoms with van der Waals surface area (Å²) in [4.78, 5) is 14.8. The second-order valence-corrected chi connectivity index (χ2v) is 9.72. The van der Waals surface area contributed by atoms with Crippen molar-refractivity contribution in [2.45, 2.75) is 43.0 Å². The van der Waals surface area contributed by atoms with E-state index in [1.54, 1.807) is 36.6 Å². The quantitative estimate of drug-likeness (QED) is 0.794. The van der Waals surface area contributed by atoms with Gasteiger partial charge in [0.15, 0.2) is 0 Å². The third-order valence-corrected chi connectivity index (χ3v) is 8.14. The number of aryl methyl sites for hydroxylation is 2. The molecule has 0 N–H and O–H groups in total. The highest BCUT2D eigenvalue weighted by Gasteiger charge is 2.31. The number of fused-ring (bicyclic) bond motifs is 1. The van der Waals surface area contributed by atoms with Crippen molar-refractivity contribution in [3.8, 4) is 0 Å². The molecule has 1 saturated carbocycles. The molecule has 0 spiro atoms.